The molecule has 98 valence electrons. The zero-order valence-corrected chi connectivity index (χ0v) is 10.6. The molecule has 0 radical (unpaired) electrons. The van der Waals surface area contributed by atoms with Gasteiger partial charge in [-0.3, -0.25) is 4.79 Å². The van der Waals surface area contributed by atoms with Crippen molar-refractivity contribution in [1.82, 2.24) is 4.31 Å². The molecule has 2 rings (SSSR count). The van der Waals surface area contributed by atoms with E-state index < -0.39 is 21.7 Å². The highest BCUT2D eigenvalue weighted by Gasteiger charge is 2.38. The molecule has 0 aliphatic heterocycles. The molecule has 5 nitrogen and oxygen atoms in total. The Morgan fingerprint density at radius 1 is 1.28 bits per heavy atom. The second-order valence-corrected chi connectivity index (χ2v) is 6.33. The van der Waals surface area contributed by atoms with Crippen molar-refractivity contribution >= 4 is 16.0 Å². The highest BCUT2D eigenvalue weighted by atomic mass is 32.2. The van der Waals surface area contributed by atoms with Crippen LogP contribution in [0.5, 0.6) is 0 Å². The van der Waals surface area contributed by atoms with Crippen LogP contribution in [0, 0.1) is 0 Å². The molecule has 1 aliphatic rings. The van der Waals surface area contributed by atoms with Crippen molar-refractivity contribution in [2.45, 2.75) is 25.4 Å². The third kappa shape index (κ3) is 3.30. The zero-order chi connectivity index (χ0) is 13.2. The van der Waals surface area contributed by atoms with Crippen LogP contribution in [0.4, 0.5) is 0 Å². The van der Waals surface area contributed by atoms with E-state index in [2.05, 4.69) is 0 Å². The molecule has 0 unspecified atom stereocenters. The van der Waals surface area contributed by atoms with E-state index in [0.29, 0.717) is 0 Å². The summed E-state index contributed by atoms with van der Waals surface area (Å²) in [5.41, 5.74) is 0.873. The van der Waals surface area contributed by atoms with Gasteiger partial charge in [0.05, 0.1) is 0 Å². The molecule has 0 bridgehead atoms. The first-order chi connectivity index (χ1) is 8.49. The van der Waals surface area contributed by atoms with E-state index in [0.717, 1.165) is 18.4 Å². The number of sulfonamides is 1. The van der Waals surface area contributed by atoms with Gasteiger partial charge in [0.15, 0.2) is 5.75 Å². The van der Waals surface area contributed by atoms with Crippen LogP contribution in [0.2, 0.25) is 0 Å². The van der Waals surface area contributed by atoms with E-state index in [1.54, 1.807) is 0 Å². The molecule has 0 heterocycles. The number of carboxylic acid groups (broad SMARTS) is 1. The Morgan fingerprint density at radius 3 is 2.39 bits per heavy atom. The molecule has 1 aromatic carbocycles. The fourth-order valence-corrected chi connectivity index (χ4v) is 3.31. The fraction of sp³-hybridized carbons (Fsp3) is 0.417. The monoisotopic (exact) mass is 269 g/mol. The number of rotatable bonds is 6. The van der Waals surface area contributed by atoms with Gasteiger partial charge < -0.3 is 5.11 Å². The number of carbonyl (C=O) groups is 1. The largest absolute Gasteiger partial charge is 0.480 e. The van der Waals surface area contributed by atoms with Gasteiger partial charge >= 0.3 is 5.97 Å². The summed E-state index contributed by atoms with van der Waals surface area (Å²) in [5.74, 6) is -2.15. The second-order valence-electron chi connectivity index (χ2n) is 4.41. The minimum Gasteiger partial charge on any atom is -0.480 e. The molecule has 0 atom stereocenters. The highest BCUT2D eigenvalue weighted by molar-refractivity contribution is 7.89. The number of benzene rings is 1. The van der Waals surface area contributed by atoms with Crippen molar-refractivity contribution in [1.29, 1.82) is 0 Å². The third-order valence-corrected chi connectivity index (χ3v) is 4.55. The predicted molar refractivity (Wildman–Crippen MR) is 66.4 cm³/mol. The van der Waals surface area contributed by atoms with E-state index in [9.17, 15) is 13.2 Å². The van der Waals surface area contributed by atoms with Gasteiger partial charge in [-0.25, -0.2) is 8.42 Å². The quantitative estimate of drug-likeness (QED) is 0.838. The summed E-state index contributed by atoms with van der Waals surface area (Å²) in [7, 11) is -3.72. The molecule has 1 aliphatic carbocycles. The van der Waals surface area contributed by atoms with E-state index in [4.69, 9.17) is 5.11 Å². The van der Waals surface area contributed by atoms with Crippen molar-refractivity contribution in [3.63, 3.8) is 0 Å². The Bertz CT molecular complexity index is 522. The second kappa shape index (κ2) is 5.07. The number of nitrogens with zero attached hydrogens (tertiary/aromatic N) is 1. The predicted octanol–water partition coefficient (Wildman–Crippen LogP) is 1.07. The van der Waals surface area contributed by atoms with E-state index in [1.807, 2.05) is 30.3 Å². The number of aliphatic carboxylic acids is 1. The molecule has 0 amide bonds. The van der Waals surface area contributed by atoms with Crippen molar-refractivity contribution in [2.24, 2.45) is 0 Å². The van der Waals surface area contributed by atoms with Crippen LogP contribution in [-0.2, 0) is 21.4 Å². The Hall–Kier alpha value is -1.40. The summed E-state index contributed by atoms with van der Waals surface area (Å²) in [5, 5.41) is 8.66. The van der Waals surface area contributed by atoms with Gasteiger partial charge in [-0.05, 0) is 18.4 Å². The van der Waals surface area contributed by atoms with Crippen LogP contribution in [0.15, 0.2) is 30.3 Å². The molecule has 1 saturated carbocycles. The Labute approximate surface area is 106 Å². The average Bonchev–Trinajstić information content (AvgIpc) is 3.09. The van der Waals surface area contributed by atoms with Crippen molar-refractivity contribution in [2.75, 3.05) is 5.75 Å². The summed E-state index contributed by atoms with van der Waals surface area (Å²) in [4.78, 5) is 10.6. The molecule has 0 spiro atoms. The summed E-state index contributed by atoms with van der Waals surface area (Å²) in [6, 6.07) is 9.18. The molecule has 6 heteroatoms. The van der Waals surface area contributed by atoms with Gasteiger partial charge in [0.1, 0.15) is 0 Å². The molecular formula is C12H15NO4S. The van der Waals surface area contributed by atoms with Gasteiger partial charge in [0.2, 0.25) is 10.0 Å². The molecule has 1 fully saturated rings. The molecule has 1 aromatic rings. The summed E-state index contributed by atoms with van der Waals surface area (Å²) in [6.45, 7) is 0.251. The van der Waals surface area contributed by atoms with Crippen LogP contribution in [-0.4, -0.2) is 35.6 Å². The van der Waals surface area contributed by atoms with Crippen LogP contribution in [0.3, 0.4) is 0 Å². The smallest absolute Gasteiger partial charge is 0.320 e. The standard InChI is InChI=1S/C12H15NO4S/c14-12(15)9-18(16,17)13(11-6-7-11)8-10-4-2-1-3-5-10/h1-5,11H,6-9H2,(H,14,15). The Morgan fingerprint density at radius 2 is 1.89 bits per heavy atom. The minimum absolute atomic E-state index is 0.0328. The summed E-state index contributed by atoms with van der Waals surface area (Å²) < 4.78 is 25.3. The maximum Gasteiger partial charge on any atom is 0.320 e. The van der Waals surface area contributed by atoms with Gasteiger partial charge in [-0.2, -0.15) is 4.31 Å². The number of hydrogen-bond acceptors (Lipinski definition) is 3. The first-order valence-electron chi connectivity index (χ1n) is 5.74. The van der Waals surface area contributed by atoms with Gasteiger partial charge in [-0.1, -0.05) is 30.3 Å². The molecular weight excluding hydrogens is 254 g/mol. The number of carboxylic acids is 1. The third-order valence-electron chi connectivity index (χ3n) is 2.80. The van der Waals surface area contributed by atoms with Gasteiger partial charge in [0.25, 0.3) is 0 Å². The molecule has 0 saturated heterocycles. The maximum atomic E-state index is 12.0. The Kier molecular flexibility index (Phi) is 3.68. The van der Waals surface area contributed by atoms with Crippen LogP contribution in [0.1, 0.15) is 18.4 Å². The lowest BCUT2D eigenvalue weighted by Crippen LogP contribution is -2.36. The van der Waals surface area contributed by atoms with Gasteiger partial charge in [0, 0.05) is 12.6 Å². The van der Waals surface area contributed by atoms with E-state index in [1.165, 1.54) is 4.31 Å². The SMILES string of the molecule is O=C(O)CS(=O)(=O)N(Cc1ccccc1)C1CC1. The number of hydrogen-bond donors (Lipinski definition) is 1. The van der Waals surface area contributed by atoms with Crippen molar-refractivity contribution in [3.8, 4) is 0 Å². The maximum absolute atomic E-state index is 12.0. The summed E-state index contributed by atoms with van der Waals surface area (Å²) in [6.07, 6.45) is 1.62. The van der Waals surface area contributed by atoms with E-state index >= 15 is 0 Å². The lowest BCUT2D eigenvalue weighted by atomic mass is 10.2. The molecule has 18 heavy (non-hydrogen) atoms. The normalized spacial score (nSPS) is 15.8. The lowest BCUT2D eigenvalue weighted by Gasteiger charge is -2.20. The van der Waals surface area contributed by atoms with Gasteiger partial charge in [-0.15, -0.1) is 0 Å². The first-order valence-corrected chi connectivity index (χ1v) is 7.35. The molecule has 0 aromatic heterocycles. The van der Waals surface area contributed by atoms with Crippen molar-refractivity contribution in [3.05, 3.63) is 35.9 Å². The molecule has 1 N–H and O–H groups in total. The van der Waals surface area contributed by atoms with Crippen LogP contribution < -0.4 is 0 Å². The van der Waals surface area contributed by atoms with E-state index in [-0.39, 0.29) is 12.6 Å². The lowest BCUT2D eigenvalue weighted by molar-refractivity contribution is -0.134. The Balaban J connectivity index is 2.16. The minimum atomic E-state index is -3.72. The highest BCUT2D eigenvalue weighted by Crippen LogP contribution is 2.30. The van der Waals surface area contributed by atoms with Crippen LogP contribution in [0.25, 0.3) is 0 Å². The zero-order valence-electron chi connectivity index (χ0n) is 9.82. The average molecular weight is 269 g/mol. The first kappa shape index (κ1) is 13.0. The van der Waals surface area contributed by atoms with Crippen LogP contribution >= 0.6 is 0 Å². The fourth-order valence-electron chi connectivity index (χ4n) is 1.82. The summed E-state index contributed by atoms with van der Waals surface area (Å²) >= 11 is 0. The van der Waals surface area contributed by atoms with Crippen molar-refractivity contribution < 1.29 is 18.3 Å². The topological polar surface area (TPSA) is 74.7 Å².